The molecule has 0 aliphatic carbocycles. The molecule has 134 valence electrons. The zero-order chi connectivity index (χ0) is 18.5. The van der Waals surface area contributed by atoms with Crippen molar-refractivity contribution in [1.29, 1.82) is 0 Å². The summed E-state index contributed by atoms with van der Waals surface area (Å²) in [6, 6.07) is 7.24. The fourth-order valence-electron chi connectivity index (χ4n) is 1.92. The van der Waals surface area contributed by atoms with E-state index < -0.39 is 0 Å². The molecule has 0 bridgehead atoms. The molecular weight excluding hydrogens is 336 g/mol. The first-order chi connectivity index (χ1) is 12.8. The second-order valence-electron chi connectivity index (χ2n) is 5.09. The van der Waals surface area contributed by atoms with E-state index in [1.807, 2.05) is 58.2 Å². The van der Waals surface area contributed by atoms with Gasteiger partial charge in [0.25, 0.3) is 13.5 Å². The van der Waals surface area contributed by atoms with Crippen LogP contribution in [0.25, 0.3) is 0 Å². The van der Waals surface area contributed by atoms with Crippen LogP contribution in [-0.2, 0) is 22.9 Å². The zero-order valence-corrected chi connectivity index (χ0v) is 14.1. The van der Waals surface area contributed by atoms with Gasteiger partial charge in [0.15, 0.2) is 24.8 Å². The summed E-state index contributed by atoms with van der Waals surface area (Å²) < 4.78 is 14.6. The molecule has 0 saturated heterocycles. The van der Waals surface area contributed by atoms with E-state index in [1.165, 1.54) is 12.4 Å². The van der Waals surface area contributed by atoms with Crippen LogP contribution in [-0.4, -0.2) is 36.1 Å². The van der Waals surface area contributed by atoms with Crippen molar-refractivity contribution in [3.8, 4) is 11.8 Å². The average molecular weight is 356 g/mol. The van der Waals surface area contributed by atoms with E-state index in [-0.39, 0.29) is 0 Å². The van der Waals surface area contributed by atoms with Gasteiger partial charge in [0, 0.05) is 35.4 Å². The minimum Gasteiger partial charge on any atom is -0.411 e. The Hall–Kier alpha value is -3.28. The Morgan fingerprint density at radius 1 is 0.769 bits per heavy atom. The maximum absolute atomic E-state index is 8.44. The molecule has 0 unspecified atom stereocenters. The van der Waals surface area contributed by atoms with Gasteiger partial charge < -0.3 is 19.9 Å². The summed E-state index contributed by atoms with van der Waals surface area (Å²) in [5, 5.41) is 22.8. The lowest BCUT2D eigenvalue weighted by Gasteiger charge is -1.97. The molecule has 0 spiro atoms. The molecule has 0 aromatic carbocycles. The summed E-state index contributed by atoms with van der Waals surface area (Å²) in [5.74, 6) is 5.76. The van der Waals surface area contributed by atoms with E-state index in [1.54, 1.807) is 0 Å². The number of hydrogen-bond acceptors (Lipinski definition) is 6. The predicted molar refractivity (Wildman–Crippen MR) is 91.7 cm³/mol. The number of nitrogens with zero attached hydrogens (tertiary/aromatic N) is 4. The molecule has 2 heterocycles. The summed E-state index contributed by atoms with van der Waals surface area (Å²) in [6.45, 7) is 1.37. The summed E-state index contributed by atoms with van der Waals surface area (Å²) in [4.78, 5) is 0. The quantitative estimate of drug-likeness (QED) is 0.180. The first kappa shape index (κ1) is 19.1. The molecule has 2 N–H and O–H groups in total. The van der Waals surface area contributed by atoms with Crippen LogP contribution in [0.4, 0.5) is 0 Å². The van der Waals surface area contributed by atoms with E-state index >= 15 is 0 Å². The van der Waals surface area contributed by atoms with Crippen molar-refractivity contribution in [2.45, 2.75) is 13.5 Å². The second kappa shape index (κ2) is 11.3. The highest BCUT2D eigenvalue weighted by Gasteiger charge is 2.00. The summed E-state index contributed by atoms with van der Waals surface area (Å²) in [6.07, 6.45) is 10.00. The van der Waals surface area contributed by atoms with E-state index in [0.29, 0.717) is 26.7 Å². The van der Waals surface area contributed by atoms with Crippen molar-refractivity contribution >= 4 is 12.4 Å². The van der Waals surface area contributed by atoms with Gasteiger partial charge in [-0.3, -0.25) is 0 Å². The highest BCUT2D eigenvalue weighted by atomic mass is 16.5. The molecule has 2 aromatic rings. The molecule has 8 heteroatoms. The summed E-state index contributed by atoms with van der Waals surface area (Å²) in [5.41, 5.74) is 1.60. The Labute approximate surface area is 151 Å². The first-order valence-electron chi connectivity index (χ1n) is 7.76. The molecule has 0 aliphatic rings. The second-order valence-corrected chi connectivity index (χ2v) is 5.09. The van der Waals surface area contributed by atoms with Crippen LogP contribution in [0.2, 0.25) is 0 Å². The van der Waals surface area contributed by atoms with Gasteiger partial charge in [0.2, 0.25) is 0 Å². The molecule has 2 aromatic heterocycles. The third-order valence-corrected chi connectivity index (χ3v) is 3.20. The van der Waals surface area contributed by atoms with Gasteiger partial charge in [0.05, 0.1) is 12.4 Å². The fraction of sp³-hybridized carbons (Fsp3) is 0.222. The molecule has 0 amide bonds. The van der Waals surface area contributed by atoms with Crippen LogP contribution in [0.3, 0.4) is 0 Å². The van der Waals surface area contributed by atoms with Crippen molar-refractivity contribution in [3.05, 3.63) is 60.2 Å². The number of rotatable bonds is 8. The van der Waals surface area contributed by atoms with E-state index in [9.17, 15) is 0 Å². The van der Waals surface area contributed by atoms with E-state index in [2.05, 4.69) is 22.2 Å². The maximum atomic E-state index is 8.44. The van der Waals surface area contributed by atoms with Crippen molar-refractivity contribution in [1.82, 2.24) is 0 Å². The lowest BCUT2D eigenvalue weighted by molar-refractivity contribution is -0.732. The number of hydrogen-bond donors (Lipinski definition) is 2. The molecule has 0 saturated carbocycles. The smallest absolute Gasteiger partial charge is 0.253 e. The van der Waals surface area contributed by atoms with Crippen LogP contribution in [0.15, 0.2) is 59.4 Å². The Balaban J connectivity index is 1.60. The predicted octanol–water partition coefficient (Wildman–Crippen LogP) is 0.530. The number of ether oxygens (including phenoxy) is 2. The molecule has 0 aliphatic heterocycles. The SMILES string of the molecule is O/N=C\c1cc[n+](COCC#CCOC[n+]2ccc(/C=N/O)cc2)cc1. The van der Waals surface area contributed by atoms with Crippen LogP contribution >= 0.6 is 0 Å². The Kier molecular flexibility index (Phi) is 8.28. The Bertz CT molecular complexity index is 712. The van der Waals surface area contributed by atoms with Crippen molar-refractivity contribution in [2.75, 3.05) is 13.2 Å². The van der Waals surface area contributed by atoms with E-state index in [4.69, 9.17) is 19.9 Å². The molecular formula is C18H20N4O4+2. The maximum Gasteiger partial charge on any atom is 0.253 e. The minimum absolute atomic E-state index is 0.304. The van der Waals surface area contributed by atoms with Gasteiger partial charge in [0.1, 0.15) is 13.2 Å². The van der Waals surface area contributed by atoms with E-state index in [0.717, 1.165) is 11.1 Å². The normalized spacial score (nSPS) is 10.9. The Morgan fingerprint density at radius 2 is 1.15 bits per heavy atom. The van der Waals surface area contributed by atoms with Gasteiger partial charge >= 0.3 is 0 Å². The third-order valence-electron chi connectivity index (χ3n) is 3.20. The zero-order valence-electron chi connectivity index (χ0n) is 14.1. The lowest BCUT2D eigenvalue weighted by Crippen LogP contribution is -2.34. The summed E-state index contributed by atoms with van der Waals surface area (Å²) >= 11 is 0. The van der Waals surface area contributed by atoms with Gasteiger partial charge in [-0.1, -0.05) is 22.2 Å². The average Bonchev–Trinajstić information content (AvgIpc) is 2.67. The van der Waals surface area contributed by atoms with Gasteiger partial charge in [-0.2, -0.15) is 9.13 Å². The molecule has 26 heavy (non-hydrogen) atoms. The van der Waals surface area contributed by atoms with Crippen LogP contribution in [0.1, 0.15) is 11.1 Å². The fourth-order valence-corrected chi connectivity index (χ4v) is 1.92. The number of oxime groups is 2. The molecule has 0 atom stereocenters. The first-order valence-corrected chi connectivity index (χ1v) is 7.76. The Morgan fingerprint density at radius 3 is 1.50 bits per heavy atom. The number of aromatic nitrogens is 2. The monoisotopic (exact) mass is 356 g/mol. The third kappa shape index (κ3) is 7.09. The van der Waals surface area contributed by atoms with Crippen molar-refractivity contribution < 1.29 is 29.0 Å². The van der Waals surface area contributed by atoms with Gasteiger partial charge in [-0.15, -0.1) is 0 Å². The largest absolute Gasteiger partial charge is 0.411 e. The van der Waals surface area contributed by atoms with Crippen LogP contribution < -0.4 is 9.13 Å². The van der Waals surface area contributed by atoms with Gasteiger partial charge in [-0.05, 0) is 0 Å². The summed E-state index contributed by atoms with van der Waals surface area (Å²) in [7, 11) is 0. The minimum atomic E-state index is 0.304. The molecule has 0 fully saturated rings. The standard InChI is InChI=1S/C18H18N4O4/c23-19-13-17-3-7-21(8-4-17)15-25-11-1-2-12-26-16-22-9-5-18(6-10-22)14-20-24/h3-10,13-14H,11-12,15-16H2/p+2. The number of pyridine rings is 2. The van der Waals surface area contributed by atoms with Crippen LogP contribution in [0, 0.1) is 11.8 Å². The molecule has 8 nitrogen and oxygen atoms in total. The molecule has 0 radical (unpaired) electrons. The van der Waals surface area contributed by atoms with Gasteiger partial charge in [-0.25, -0.2) is 0 Å². The highest BCUT2D eigenvalue weighted by Crippen LogP contribution is 1.91. The topological polar surface area (TPSA) is 91.4 Å². The van der Waals surface area contributed by atoms with Crippen molar-refractivity contribution in [2.24, 2.45) is 10.3 Å². The van der Waals surface area contributed by atoms with Crippen molar-refractivity contribution in [3.63, 3.8) is 0 Å². The lowest BCUT2D eigenvalue weighted by atomic mass is 10.3. The molecule has 2 rings (SSSR count). The van der Waals surface area contributed by atoms with Crippen LogP contribution in [0.5, 0.6) is 0 Å². The highest BCUT2D eigenvalue weighted by molar-refractivity contribution is 5.78.